The van der Waals surface area contributed by atoms with Gasteiger partial charge in [0.1, 0.15) is 0 Å². The molecule has 0 bridgehead atoms. The molecule has 1 atom stereocenters. The van der Waals surface area contributed by atoms with Crippen LogP contribution in [0.25, 0.3) is 0 Å². The minimum atomic E-state index is -0.113. The molecule has 5 nitrogen and oxygen atoms in total. The Labute approximate surface area is 82.6 Å². The molecule has 0 radical (unpaired) electrons. The predicted molar refractivity (Wildman–Crippen MR) is 51.2 cm³/mol. The summed E-state index contributed by atoms with van der Waals surface area (Å²) in [6, 6.07) is 1.71. The lowest BCUT2D eigenvalue weighted by Gasteiger charge is -2.11. The summed E-state index contributed by atoms with van der Waals surface area (Å²) in [6.07, 6.45) is 2.29. The molecule has 0 aliphatic heterocycles. The molecule has 1 rings (SSSR count). The van der Waals surface area contributed by atoms with Gasteiger partial charge in [0.25, 0.3) is 0 Å². The molecule has 0 fully saturated rings. The second kappa shape index (κ2) is 5.39. The first-order chi connectivity index (χ1) is 6.77. The number of nitrogens with zero attached hydrogens (tertiary/aromatic N) is 1. The molecule has 1 unspecified atom stereocenters. The molecule has 14 heavy (non-hydrogen) atoms. The summed E-state index contributed by atoms with van der Waals surface area (Å²) in [6.45, 7) is 2.68. The lowest BCUT2D eigenvalue weighted by molar-refractivity contribution is -0.125. The van der Waals surface area contributed by atoms with Crippen LogP contribution in [0.4, 0.5) is 0 Å². The van der Waals surface area contributed by atoms with Crippen molar-refractivity contribution in [1.29, 1.82) is 0 Å². The number of hydrogen-bond donors (Lipinski definition) is 2. The Balaban J connectivity index is 2.34. The Kier molecular flexibility index (Phi) is 4.12. The predicted octanol–water partition coefficient (Wildman–Crippen LogP) is 0.276. The van der Waals surface area contributed by atoms with Crippen molar-refractivity contribution in [3.8, 4) is 0 Å². The van der Waals surface area contributed by atoms with Crippen LogP contribution in [0.3, 0.4) is 0 Å². The van der Waals surface area contributed by atoms with Crippen LogP contribution in [0.15, 0.2) is 16.8 Å². The van der Waals surface area contributed by atoms with Gasteiger partial charge in [-0.2, -0.15) is 0 Å². The molecular weight excluding hydrogens is 182 g/mol. The molecule has 1 heterocycles. The van der Waals surface area contributed by atoms with Crippen molar-refractivity contribution in [2.75, 3.05) is 6.54 Å². The van der Waals surface area contributed by atoms with Crippen LogP contribution in [0.5, 0.6) is 0 Å². The van der Waals surface area contributed by atoms with Gasteiger partial charge in [-0.05, 0) is 6.42 Å². The van der Waals surface area contributed by atoms with Crippen LogP contribution < -0.4 is 11.1 Å². The molecule has 1 aromatic rings. The van der Waals surface area contributed by atoms with Gasteiger partial charge in [0.15, 0.2) is 5.76 Å². The van der Waals surface area contributed by atoms with Gasteiger partial charge in [-0.1, -0.05) is 12.1 Å². The maximum atomic E-state index is 11.4. The zero-order chi connectivity index (χ0) is 10.4. The van der Waals surface area contributed by atoms with E-state index in [9.17, 15) is 4.79 Å². The normalized spacial score (nSPS) is 12.4. The first-order valence-corrected chi connectivity index (χ1v) is 4.65. The largest absolute Gasteiger partial charge is 0.360 e. The summed E-state index contributed by atoms with van der Waals surface area (Å²) in [5, 5.41) is 6.27. The molecular formula is C9H15N3O2. The van der Waals surface area contributed by atoms with E-state index < -0.39 is 0 Å². The molecule has 3 N–H and O–H groups in total. The van der Waals surface area contributed by atoms with Gasteiger partial charge in [-0.3, -0.25) is 4.79 Å². The van der Waals surface area contributed by atoms with Crippen molar-refractivity contribution in [3.05, 3.63) is 18.0 Å². The van der Waals surface area contributed by atoms with Gasteiger partial charge >= 0.3 is 0 Å². The maximum absolute atomic E-state index is 11.4. The Morgan fingerprint density at radius 3 is 3.07 bits per heavy atom. The zero-order valence-electron chi connectivity index (χ0n) is 8.19. The maximum Gasteiger partial charge on any atom is 0.224 e. The minimum Gasteiger partial charge on any atom is -0.360 e. The first-order valence-electron chi connectivity index (χ1n) is 4.65. The van der Waals surface area contributed by atoms with E-state index in [0.29, 0.717) is 18.8 Å². The highest BCUT2D eigenvalue weighted by molar-refractivity contribution is 5.78. The van der Waals surface area contributed by atoms with E-state index in [2.05, 4.69) is 10.5 Å². The summed E-state index contributed by atoms with van der Waals surface area (Å²) < 4.78 is 4.83. The number of aromatic nitrogens is 1. The van der Waals surface area contributed by atoms with Crippen molar-refractivity contribution in [2.45, 2.75) is 19.9 Å². The summed E-state index contributed by atoms with van der Waals surface area (Å²) in [7, 11) is 0. The second-order valence-corrected chi connectivity index (χ2v) is 3.04. The highest BCUT2D eigenvalue weighted by Gasteiger charge is 2.13. The monoisotopic (exact) mass is 197 g/mol. The summed E-state index contributed by atoms with van der Waals surface area (Å²) in [5.74, 6) is 0.495. The molecule has 0 aromatic carbocycles. The Hall–Kier alpha value is -1.36. The average molecular weight is 197 g/mol. The fourth-order valence-corrected chi connectivity index (χ4v) is 1.11. The van der Waals surface area contributed by atoms with E-state index in [1.54, 1.807) is 12.3 Å². The molecule has 78 valence electrons. The van der Waals surface area contributed by atoms with Crippen LogP contribution in [-0.2, 0) is 11.3 Å². The standard InChI is InChI=1S/C9H15N3O2/c1-2-7(5-10)9(13)11-6-8-3-4-12-14-8/h3-4,7H,2,5-6,10H2,1H3,(H,11,13). The van der Waals surface area contributed by atoms with Gasteiger partial charge in [0.2, 0.25) is 5.91 Å². The summed E-state index contributed by atoms with van der Waals surface area (Å²) in [4.78, 5) is 11.4. The van der Waals surface area contributed by atoms with Crippen LogP contribution in [-0.4, -0.2) is 17.6 Å². The third-order valence-electron chi connectivity index (χ3n) is 2.08. The van der Waals surface area contributed by atoms with Crippen LogP contribution in [0.1, 0.15) is 19.1 Å². The lowest BCUT2D eigenvalue weighted by atomic mass is 10.1. The number of nitrogens with two attached hydrogens (primary N) is 1. The van der Waals surface area contributed by atoms with Crippen LogP contribution in [0.2, 0.25) is 0 Å². The van der Waals surface area contributed by atoms with E-state index in [-0.39, 0.29) is 11.8 Å². The van der Waals surface area contributed by atoms with Crippen LogP contribution >= 0.6 is 0 Å². The molecule has 5 heteroatoms. The van der Waals surface area contributed by atoms with Crippen molar-refractivity contribution >= 4 is 5.91 Å². The number of carbonyl (C=O) groups excluding carboxylic acids is 1. The van der Waals surface area contributed by atoms with Crippen molar-refractivity contribution < 1.29 is 9.32 Å². The number of carbonyl (C=O) groups is 1. The van der Waals surface area contributed by atoms with E-state index in [0.717, 1.165) is 6.42 Å². The van der Waals surface area contributed by atoms with Crippen molar-refractivity contribution in [3.63, 3.8) is 0 Å². The highest BCUT2D eigenvalue weighted by Crippen LogP contribution is 2.01. The Bertz CT molecular complexity index is 268. The minimum absolute atomic E-state index is 0.0357. The van der Waals surface area contributed by atoms with Gasteiger partial charge in [-0.15, -0.1) is 0 Å². The van der Waals surface area contributed by atoms with E-state index >= 15 is 0 Å². The Morgan fingerprint density at radius 2 is 2.57 bits per heavy atom. The zero-order valence-corrected chi connectivity index (χ0v) is 8.19. The SMILES string of the molecule is CCC(CN)C(=O)NCc1ccno1. The quantitative estimate of drug-likeness (QED) is 0.710. The van der Waals surface area contributed by atoms with Gasteiger partial charge < -0.3 is 15.6 Å². The Morgan fingerprint density at radius 1 is 1.79 bits per heavy atom. The smallest absolute Gasteiger partial charge is 0.224 e. The molecule has 0 saturated heterocycles. The van der Waals surface area contributed by atoms with Crippen molar-refractivity contribution in [1.82, 2.24) is 10.5 Å². The molecule has 1 amide bonds. The number of amides is 1. The van der Waals surface area contributed by atoms with E-state index in [1.807, 2.05) is 6.92 Å². The van der Waals surface area contributed by atoms with E-state index in [4.69, 9.17) is 10.3 Å². The molecule has 0 saturated carbocycles. The highest BCUT2D eigenvalue weighted by atomic mass is 16.5. The first kappa shape index (κ1) is 10.7. The topological polar surface area (TPSA) is 81.2 Å². The lowest BCUT2D eigenvalue weighted by Crippen LogP contribution is -2.34. The van der Waals surface area contributed by atoms with Gasteiger partial charge in [-0.25, -0.2) is 0 Å². The number of nitrogens with one attached hydrogen (secondary N) is 1. The molecule has 0 aliphatic rings. The van der Waals surface area contributed by atoms with Crippen LogP contribution in [0, 0.1) is 5.92 Å². The summed E-state index contributed by atoms with van der Waals surface area (Å²) in [5.41, 5.74) is 5.44. The number of rotatable bonds is 5. The summed E-state index contributed by atoms with van der Waals surface area (Å²) >= 11 is 0. The molecule has 1 aromatic heterocycles. The molecule has 0 spiro atoms. The van der Waals surface area contributed by atoms with E-state index in [1.165, 1.54) is 0 Å². The second-order valence-electron chi connectivity index (χ2n) is 3.04. The third kappa shape index (κ3) is 2.85. The third-order valence-corrected chi connectivity index (χ3v) is 2.08. The van der Waals surface area contributed by atoms with Crippen molar-refractivity contribution in [2.24, 2.45) is 11.7 Å². The average Bonchev–Trinajstić information content (AvgIpc) is 2.69. The van der Waals surface area contributed by atoms with Gasteiger partial charge in [0.05, 0.1) is 12.7 Å². The molecule has 0 aliphatic carbocycles. The number of hydrogen-bond acceptors (Lipinski definition) is 4. The fourth-order valence-electron chi connectivity index (χ4n) is 1.11. The fraction of sp³-hybridized carbons (Fsp3) is 0.556. The van der Waals surface area contributed by atoms with Gasteiger partial charge in [0, 0.05) is 18.5 Å².